The molecule has 0 bridgehead atoms. The molecule has 0 spiro atoms. The highest BCUT2D eigenvalue weighted by Crippen LogP contribution is 2.25. The molecule has 220 valence electrons. The number of hydrogen-bond acceptors (Lipinski definition) is 6. The van der Waals surface area contributed by atoms with E-state index in [1.54, 1.807) is 62.1 Å². The van der Waals surface area contributed by atoms with Gasteiger partial charge in [-0.25, -0.2) is 4.98 Å². The number of carbonyl (C=O) groups is 2. The summed E-state index contributed by atoms with van der Waals surface area (Å²) in [5, 5.41) is 0. The number of ether oxygens (including phenoxy) is 2. The summed E-state index contributed by atoms with van der Waals surface area (Å²) in [5.74, 6) is -0.0701. The average molecular weight is 562 g/mol. The van der Waals surface area contributed by atoms with Crippen molar-refractivity contribution in [2.75, 3.05) is 20.8 Å². The lowest BCUT2D eigenvalue weighted by molar-refractivity contribution is -0.134. The number of carbonyl (C=O) groups excluding carboxylic acids is 2. The van der Waals surface area contributed by atoms with Crippen LogP contribution in [0.2, 0.25) is 0 Å². The van der Waals surface area contributed by atoms with Crippen LogP contribution >= 0.6 is 0 Å². The molecule has 0 unspecified atom stereocenters. The molecule has 0 aliphatic rings. The largest absolute Gasteiger partial charge is 0.504 e. The van der Waals surface area contributed by atoms with Gasteiger partial charge in [-0.2, -0.15) is 0 Å². The lowest BCUT2D eigenvalue weighted by Crippen LogP contribution is -2.45. The number of rotatable bonds is 16. The quantitative estimate of drug-likeness (QED) is 0.148. The molecule has 5 N–H and O–H groups in total. The summed E-state index contributed by atoms with van der Waals surface area (Å²) in [5.41, 5.74) is 16.0. The molecular weight excluding hydrogens is 518 g/mol. The number of amides is 2. The van der Waals surface area contributed by atoms with E-state index in [0.717, 1.165) is 22.4 Å². The molecular formula is C32H43N5O4. The van der Waals surface area contributed by atoms with Crippen LogP contribution in [0.1, 0.15) is 51.9 Å². The first-order chi connectivity index (χ1) is 19.7. The number of nitrogens with two attached hydrogens (primary N) is 2. The molecule has 0 radical (unpaired) electrons. The van der Waals surface area contributed by atoms with Crippen molar-refractivity contribution in [3.63, 3.8) is 0 Å². The Bertz CT molecular complexity index is 1270. The maximum atomic E-state index is 13.8. The van der Waals surface area contributed by atoms with Gasteiger partial charge in [0.1, 0.15) is 5.82 Å². The lowest BCUT2D eigenvalue weighted by Gasteiger charge is -2.31. The fourth-order valence-corrected chi connectivity index (χ4v) is 4.13. The molecule has 2 rings (SSSR count). The summed E-state index contributed by atoms with van der Waals surface area (Å²) in [6, 6.07) is 8.67. The zero-order valence-electron chi connectivity index (χ0n) is 24.7. The summed E-state index contributed by atoms with van der Waals surface area (Å²) in [6.45, 7) is 6.01. The fourth-order valence-electron chi connectivity index (χ4n) is 4.13. The van der Waals surface area contributed by atoms with E-state index in [1.807, 2.05) is 57.2 Å². The average Bonchev–Trinajstić information content (AvgIpc) is 3.47. The predicted octanol–water partition coefficient (Wildman–Crippen LogP) is 5.09. The topological polar surface area (TPSA) is 137 Å². The molecule has 1 aromatic carbocycles. The normalized spacial score (nSPS) is 14.3. The number of nitrogens with one attached hydrogen (secondary N) is 1. The zero-order chi connectivity index (χ0) is 30.2. The van der Waals surface area contributed by atoms with Gasteiger partial charge in [0.15, 0.2) is 0 Å². The molecule has 0 aliphatic carbocycles. The molecule has 0 saturated carbocycles. The minimum absolute atomic E-state index is 0.227. The molecule has 2 atom stereocenters. The Morgan fingerprint density at radius 1 is 1.15 bits per heavy atom. The van der Waals surface area contributed by atoms with Crippen LogP contribution in [0.3, 0.4) is 0 Å². The first kappa shape index (κ1) is 32.8. The van der Waals surface area contributed by atoms with Gasteiger partial charge in [-0.15, -0.1) is 0 Å². The number of aromatic nitrogens is 2. The van der Waals surface area contributed by atoms with Crippen molar-refractivity contribution in [3.8, 4) is 11.3 Å². The lowest BCUT2D eigenvalue weighted by atomic mass is 10.0. The summed E-state index contributed by atoms with van der Waals surface area (Å²) >= 11 is 0. The van der Waals surface area contributed by atoms with Gasteiger partial charge in [-0.05, 0) is 56.4 Å². The number of H-pyrrole nitrogens is 1. The summed E-state index contributed by atoms with van der Waals surface area (Å²) in [6.07, 6.45) is 15.4. The third-order valence-corrected chi connectivity index (χ3v) is 6.40. The number of benzene rings is 1. The smallest absolute Gasteiger partial charge is 0.248 e. The van der Waals surface area contributed by atoms with E-state index >= 15 is 0 Å². The predicted molar refractivity (Wildman–Crippen MR) is 163 cm³/mol. The number of hydrogen-bond donors (Lipinski definition) is 3. The van der Waals surface area contributed by atoms with Crippen LogP contribution in [0.25, 0.3) is 11.3 Å². The van der Waals surface area contributed by atoms with Gasteiger partial charge in [-0.1, -0.05) is 61.1 Å². The molecule has 9 nitrogen and oxygen atoms in total. The van der Waals surface area contributed by atoms with Crippen LogP contribution in [-0.2, 0) is 19.1 Å². The van der Waals surface area contributed by atoms with Crippen molar-refractivity contribution >= 4 is 11.8 Å². The van der Waals surface area contributed by atoms with Gasteiger partial charge in [0.2, 0.25) is 11.8 Å². The SMILES string of the molecule is CC/C=C(\C=C(\C)CC[C@H](N)C(=O)N(CC(/C=C/OC)=C/C=C/OC)[C@@H](C)c1ncc(-c2ccccc2)[nH]1)C(N)=O. The Balaban J connectivity index is 2.35. The first-order valence-corrected chi connectivity index (χ1v) is 13.6. The molecule has 9 heteroatoms. The molecule has 1 heterocycles. The van der Waals surface area contributed by atoms with Crippen LogP contribution in [0.5, 0.6) is 0 Å². The highest BCUT2D eigenvalue weighted by Gasteiger charge is 2.28. The van der Waals surface area contributed by atoms with Gasteiger partial charge in [0, 0.05) is 12.1 Å². The maximum Gasteiger partial charge on any atom is 0.248 e. The van der Waals surface area contributed by atoms with E-state index in [1.165, 1.54) is 0 Å². The number of imidazole rings is 1. The van der Waals surface area contributed by atoms with Crippen LogP contribution < -0.4 is 11.5 Å². The van der Waals surface area contributed by atoms with Crippen molar-refractivity contribution in [1.82, 2.24) is 14.9 Å². The Morgan fingerprint density at radius 3 is 2.49 bits per heavy atom. The van der Waals surface area contributed by atoms with E-state index in [4.69, 9.17) is 20.9 Å². The van der Waals surface area contributed by atoms with Crippen LogP contribution in [0.4, 0.5) is 0 Å². The second-order valence-electron chi connectivity index (χ2n) is 9.60. The van der Waals surface area contributed by atoms with Crippen molar-refractivity contribution in [3.05, 3.63) is 102 Å². The van der Waals surface area contributed by atoms with E-state index in [0.29, 0.717) is 30.7 Å². The summed E-state index contributed by atoms with van der Waals surface area (Å²) in [7, 11) is 3.12. The molecule has 0 fully saturated rings. The van der Waals surface area contributed by atoms with Crippen LogP contribution in [-0.4, -0.2) is 53.5 Å². The molecule has 0 aliphatic heterocycles. The van der Waals surface area contributed by atoms with Crippen LogP contribution in [0.15, 0.2) is 96.2 Å². The van der Waals surface area contributed by atoms with Crippen molar-refractivity contribution in [1.29, 1.82) is 0 Å². The standard InChI is InChI=1S/C32H43N5O4/c1-6-11-27(30(34)38)20-23(2)15-16-28(33)32(39)37(22-25(17-19-41-5)12-10-18-40-4)24(3)31-35-21-29(36-31)26-13-8-7-9-14-26/h7-14,17-21,24,28H,6,15-16,22,33H2,1-5H3,(H2,34,38)(H,35,36)/b18-10+,19-17+,23-20-,25-12+,27-11+/t24-,28-/m0/s1. The molecule has 1 aromatic heterocycles. The van der Waals surface area contributed by atoms with Gasteiger partial charge in [0.25, 0.3) is 0 Å². The Kier molecular flexibility index (Phi) is 13.9. The minimum Gasteiger partial charge on any atom is -0.504 e. The van der Waals surface area contributed by atoms with E-state index in [2.05, 4.69) is 9.97 Å². The number of primary amides is 1. The number of allylic oxidation sites excluding steroid dienone is 4. The van der Waals surface area contributed by atoms with Gasteiger partial charge in [-0.3, -0.25) is 9.59 Å². The third-order valence-electron chi connectivity index (χ3n) is 6.40. The van der Waals surface area contributed by atoms with Gasteiger partial charge >= 0.3 is 0 Å². The third kappa shape index (κ3) is 10.6. The zero-order valence-corrected chi connectivity index (χ0v) is 24.7. The minimum atomic E-state index is -0.779. The number of methoxy groups -OCH3 is 2. The molecule has 41 heavy (non-hydrogen) atoms. The maximum absolute atomic E-state index is 13.8. The summed E-state index contributed by atoms with van der Waals surface area (Å²) in [4.78, 5) is 35.2. The number of nitrogens with zero attached hydrogens (tertiary/aromatic N) is 2. The second-order valence-corrected chi connectivity index (χ2v) is 9.60. The highest BCUT2D eigenvalue weighted by atomic mass is 16.5. The highest BCUT2D eigenvalue weighted by molar-refractivity contribution is 5.94. The first-order valence-electron chi connectivity index (χ1n) is 13.6. The monoisotopic (exact) mass is 561 g/mol. The molecule has 0 saturated heterocycles. The van der Waals surface area contributed by atoms with E-state index < -0.39 is 18.0 Å². The van der Waals surface area contributed by atoms with Gasteiger partial charge in [0.05, 0.1) is 50.7 Å². The summed E-state index contributed by atoms with van der Waals surface area (Å²) < 4.78 is 10.2. The van der Waals surface area contributed by atoms with Gasteiger partial charge < -0.3 is 30.8 Å². The van der Waals surface area contributed by atoms with Crippen molar-refractivity contribution < 1.29 is 19.1 Å². The number of aromatic amines is 1. The van der Waals surface area contributed by atoms with E-state index in [9.17, 15) is 9.59 Å². The molecule has 2 amide bonds. The Hall–Kier alpha value is -4.37. The fraction of sp³-hybridized carbons (Fsp3) is 0.344. The Morgan fingerprint density at radius 2 is 1.85 bits per heavy atom. The van der Waals surface area contributed by atoms with Crippen molar-refractivity contribution in [2.24, 2.45) is 11.5 Å². The van der Waals surface area contributed by atoms with Crippen LogP contribution in [0, 0.1) is 0 Å². The van der Waals surface area contributed by atoms with E-state index in [-0.39, 0.29) is 12.5 Å². The van der Waals surface area contributed by atoms with Crippen molar-refractivity contribution in [2.45, 2.75) is 52.1 Å². The molecule has 2 aromatic rings. The Labute approximate surface area is 243 Å². The second kappa shape index (κ2) is 17.3.